The molecule has 4 N–H and O–H groups in total. The van der Waals surface area contributed by atoms with Gasteiger partial charge >= 0.3 is 0 Å². The topological polar surface area (TPSA) is 83.8 Å². The van der Waals surface area contributed by atoms with Crippen LogP contribution in [0.5, 0.6) is 0 Å². The minimum Gasteiger partial charge on any atom is -0.351 e. The number of nitrogens with two attached hydrogens (primary N) is 1. The summed E-state index contributed by atoms with van der Waals surface area (Å²) in [6, 6.07) is 1.79. The molecule has 0 unspecified atom stereocenters. The van der Waals surface area contributed by atoms with Gasteiger partial charge in [0, 0.05) is 12.2 Å². The van der Waals surface area contributed by atoms with Gasteiger partial charge in [-0.3, -0.25) is 9.89 Å². The maximum absolute atomic E-state index is 11.6. The van der Waals surface area contributed by atoms with Crippen LogP contribution in [-0.2, 0) is 0 Å². The van der Waals surface area contributed by atoms with Crippen molar-refractivity contribution in [3.05, 3.63) is 17.5 Å². The van der Waals surface area contributed by atoms with Crippen molar-refractivity contribution in [1.82, 2.24) is 15.5 Å². The predicted molar refractivity (Wildman–Crippen MR) is 63.3 cm³/mol. The van der Waals surface area contributed by atoms with Crippen molar-refractivity contribution >= 4 is 5.91 Å². The molecule has 90 valence electrons. The Balaban J connectivity index is 2.40. The molecule has 0 spiro atoms. The van der Waals surface area contributed by atoms with E-state index >= 15 is 0 Å². The van der Waals surface area contributed by atoms with Crippen LogP contribution in [0, 0.1) is 0 Å². The minimum absolute atomic E-state index is 0.125. The molecule has 0 aliphatic rings. The quantitative estimate of drug-likeness (QED) is 0.630. The summed E-state index contributed by atoms with van der Waals surface area (Å²) < 4.78 is 0. The number of amides is 1. The van der Waals surface area contributed by atoms with Crippen LogP contribution in [-0.4, -0.2) is 29.2 Å². The van der Waals surface area contributed by atoms with E-state index in [1.54, 1.807) is 6.07 Å². The van der Waals surface area contributed by atoms with Crippen molar-refractivity contribution in [3.63, 3.8) is 0 Å². The van der Waals surface area contributed by atoms with Gasteiger partial charge in [0.25, 0.3) is 5.91 Å². The number of nitrogens with zero attached hydrogens (tertiary/aromatic N) is 1. The molecule has 0 saturated heterocycles. The second kappa shape index (κ2) is 6.27. The number of carbonyl (C=O) groups excluding carboxylic acids is 1. The Morgan fingerprint density at radius 2 is 2.31 bits per heavy atom. The van der Waals surface area contributed by atoms with Crippen molar-refractivity contribution < 1.29 is 4.79 Å². The first kappa shape index (κ1) is 12.7. The highest BCUT2D eigenvalue weighted by Crippen LogP contribution is 2.11. The van der Waals surface area contributed by atoms with Gasteiger partial charge in [-0.05, 0) is 31.4 Å². The largest absolute Gasteiger partial charge is 0.351 e. The second-order valence-electron chi connectivity index (χ2n) is 4.11. The van der Waals surface area contributed by atoms with Crippen molar-refractivity contribution in [2.45, 2.75) is 32.6 Å². The molecule has 0 fully saturated rings. The Morgan fingerprint density at radius 1 is 1.56 bits per heavy atom. The average molecular weight is 224 g/mol. The molecule has 0 saturated carbocycles. The summed E-state index contributed by atoms with van der Waals surface area (Å²) in [5, 5.41) is 9.64. The van der Waals surface area contributed by atoms with E-state index in [4.69, 9.17) is 5.73 Å². The Bertz CT molecular complexity index is 332. The van der Waals surface area contributed by atoms with Crippen molar-refractivity contribution in [2.75, 3.05) is 13.1 Å². The molecule has 1 rings (SSSR count). The molecule has 0 radical (unpaired) electrons. The summed E-state index contributed by atoms with van der Waals surface area (Å²) in [5.41, 5.74) is 6.80. The SMILES string of the molecule is CC(C)c1cc(C(=O)NCCCCN)n[nH]1. The average Bonchev–Trinajstić information content (AvgIpc) is 2.73. The second-order valence-corrected chi connectivity index (χ2v) is 4.11. The van der Waals surface area contributed by atoms with Gasteiger partial charge in [0.1, 0.15) is 5.69 Å². The third-order valence-corrected chi connectivity index (χ3v) is 2.37. The first-order valence-electron chi connectivity index (χ1n) is 5.68. The number of unbranched alkanes of at least 4 members (excludes halogenated alkanes) is 1. The number of aromatic nitrogens is 2. The van der Waals surface area contributed by atoms with Crippen molar-refractivity contribution in [2.24, 2.45) is 5.73 Å². The van der Waals surface area contributed by atoms with E-state index in [-0.39, 0.29) is 5.91 Å². The lowest BCUT2D eigenvalue weighted by molar-refractivity contribution is 0.0948. The highest BCUT2D eigenvalue weighted by molar-refractivity contribution is 5.92. The van der Waals surface area contributed by atoms with E-state index in [0.29, 0.717) is 24.7 Å². The van der Waals surface area contributed by atoms with Crippen LogP contribution in [0.1, 0.15) is 48.8 Å². The Hall–Kier alpha value is -1.36. The molecule has 1 aromatic rings. The molecular weight excluding hydrogens is 204 g/mol. The van der Waals surface area contributed by atoms with Crippen molar-refractivity contribution in [1.29, 1.82) is 0 Å². The van der Waals surface area contributed by atoms with E-state index in [1.807, 2.05) is 0 Å². The fourth-order valence-electron chi connectivity index (χ4n) is 1.31. The molecule has 5 nitrogen and oxygen atoms in total. The number of carbonyl (C=O) groups is 1. The van der Waals surface area contributed by atoms with Crippen LogP contribution in [0.3, 0.4) is 0 Å². The number of nitrogens with one attached hydrogen (secondary N) is 2. The third-order valence-electron chi connectivity index (χ3n) is 2.37. The van der Waals surface area contributed by atoms with Gasteiger partial charge in [0.05, 0.1) is 0 Å². The number of rotatable bonds is 6. The third kappa shape index (κ3) is 3.66. The van der Waals surface area contributed by atoms with Crippen molar-refractivity contribution in [3.8, 4) is 0 Å². The zero-order valence-electron chi connectivity index (χ0n) is 9.92. The standard InChI is InChI=1S/C11H20N4O/c1-8(2)9-7-10(15-14-9)11(16)13-6-4-3-5-12/h7-8H,3-6,12H2,1-2H3,(H,13,16)(H,14,15). The van der Waals surface area contributed by atoms with Crippen LogP contribution in [0.25, 0.3) is 0 Å². The van der Waals surface area contributed by atoms with Gasteiger partial charge in [0.15, 0.2) is 0 Å². The van der Waals surface area contributed by atoms with Crippen LogP contribution in [0.15, 0.2) is 6.07 Å². The molecule has 0 aromatic carbocycles. The highest BCUT2D eigenvalue weighted by Gasteiger charge is 2.10. The van der Waals surface area contributed by atoms with E-state index in [0.717, 1.165) is 18.5 Å². The summed E-state index contributed by atoms with van der Waals surface area (Å²) >= 11 is 0. The van der Waals surface area contributed by atoms with Gasteiger partial charge in [-0.2, -0.15) is 5.10 Å². The Kier molecular flexibility index (Phi) is 4.98. The van der Waals surface area contributed by atoms with Crippen LogP contribution >= 0.6 is 0 Å². The fourth-order valence-corrected chi connectivity index (χ4v) is 1.31. The summed E-state index contributed by atoms with van der Waals surface area (Å²) in [6.07, 6.45) is 1.84. The Morgan fingerprint density at radius 3 is 2.88 bits per heavy atom. The van der Waals surface area contributed by atoms with Gasteiger partial charge in [-0.1, -0.05) is 13.8 Å². The molecule has 16 heavy (non-hydrogen) atoms. The van der Waals surface area contributed by atoms with Crippen LogP contribution in [0.2, 0.25) is 0 Å². The van der Waals surface area contributed by atoms with E-state index in [9.17, 15) is 4.79 Å². The normalized spacial score (nSPS) is 10.8. The molecule has 0 bridgehead atoms. The lowest BCUT2D eigenvalue weighted by Crippen LogP contribution is -2.25. The first-order valence-corrected chi connectivity index (χ1v) is 5.68. The predicted octanol–water partition coefficient (Wildman–Crippen LogP) is 1.00. The van der Waals surface area contributed by atoms with E-state index < -0.39 is 0 Å². The van der Waals surface area contributed by atoms with Gasteiger partial charge < -0.3 is 11.1 Å². The van der Waals surface area contributed by atoms with Gasteiger partial charge in [-0.15, -0.1) is 0 Å². The summed E-state index contributed by atoms with van der Waals surface area (Å²) in [5.74, 6) is 0.228. The maximum atomic E-state index is 11.6. The summed E-state index contributed by atoms with van der Waals surface area (Å²) in [6.45, 7) is 5.42. The molecule has 0 atom stereocenters. The van der Waals surface area contributed by atoms with E-state index in [1.165, 1.54) is 0 Å². The summed E-state index contributed by atoms with van der Waals surface area (Å²) in [4.78, 5) is 11.6. The number of hydrogen-bond donors (Lipinski definition) is 3. The maximum Gasteiger partial charge on any atom is 0.271 e. The van der Waals surface area contributed by atoms with Crippen LogP contribution in [0.4, 0.5) is 0 Å². The lowest BCUT2D eigenvalue weighted by Gasteiger charge is -2.01. The minimum atomic E-state index is -0.125. The monoisotopic (exact) mass is 224 g/mol. The molecule has 1 amide bonds. The Labute approximate surface area is 95.8 Å². The number of aromatic amines is 1. The smallest absolute Gasteiger partial charge is 0.271 e. The number of hydrogen-bond acceptors (Lipinski definition) is 3. The highest BCUT2D eigenvalue weighted by atomic mass is 16.1. The first-order chi connectivity index (χ1) is 7.65. The number of H-pyrrole nitrogens is 1. The zero-order valence-corrected chi connectivity index (χ0v) is 9.92. The fraction of sp³-hybridized carbons (Fsp3) is 0.636. The summed E-state index contributed by atoms with van der Waals surface area (Å²) in [7, 11) is 0. The lowest BCUT2D eigenvalue weighted by atomic mass is 10.1. The molecular formula is C11H20N4O. The molecule has 1 heterocycles. The molecule has 5 heteroatoms. The molecule has 0 aliphatic heterocycles. The van der Waals surface area contributed by atoms with E-state index in [2.05, 4.69) is 29.4 Å². The van der Waals surface area contributed by atoms with Gasteiger partial charge in [-0.25, -0.2) is 0 Å². The zero-order chi connectivity index (χ0) is 12.0. The molecule has 1 aromatic heterocycles. The van der Waals surface area contributed by atoms with Crippen LogP contribution < -0.4 is 11.1 Å². The molecule has 0 aliphatic carbocycles. The van der Waals surface area contributed by atoms with Gasteiger partial charge in [0.2, 0.25) is 0 Å².